The first-order chi connectivity index (χ1) is 10.0. The maximum atomic E-state index is 11.4. The molecule has 1 aromatic carbocycles. The van der Waals surface area contributed by atoms with Crippen LogP contribution in [-0.2, 0) is 0 Å². The summed E-state index contributed by atoms with van der Waals surface area (Å²) in [5.41, 5.74) is 0.102. The van der Waals surface area contributed by atoms with Crippen molar-refractivity contribution in [2.45, 2.75) is 0 Å². The predicted molar refractivity (Wildman–Crippen MR) is 78.1 cm³/mol. The summed E-state index contributed by atoms with van der Waals surface area (Å²) in [5.74, 6) is -0.302. The molecule has 8 heteroatoms. The Labute approximate surface area is 130 Å². The maximum Gasteiger partial charge on any atom is 0.335 e. The van der Waals surface area contributed by atoms with Crippen molar-refractivity contribution in [2.24, 2.45) is 0 Å². The molecule has 21 heavy (non-hydrogen) atoms. The molecule has 0 aliphatic carbocycles. The van der Waals surface area contributed by atoms with E-state index in [1.807, 2.05) is 0 Å². The van der Waals surface area contributed by atoms with Gasteiger partial charge in [0, 0.05) is 13.1 Å². The van der Waals surface area contributed by atoms with Crippen LogP contribution in [0.5, 0.6) is 11.5 Å². The van der Waals surface area contributed by atoms with Gasteiger partial charge >= 0.3 is 12.0 Å². The van der Waals surface area contributed by atoms with Crippen molar-refractivity contribution >= 4 is 27.9 Å². The zero-order chi connectivity index (χ0) is 15.4. The molecule has 1 aliphatic heterocycles. The number of amides is 2. The molecule has 0 bridgehead atoms. The molecule has 1 heterocycles. The molecule has 2 N–H and O–H groups in total. The van der Waals surface area contributed by atoms with Crippen LogP contribution in [0.15, 0.2) is 16.6 Å². The highest BCUT2D eigenvalue weighted by molar-refractivity contribution is 9.10. The second-order valence-corrected chi connectivity index (χ2v) is 5.22. The number of nitrogens with zero attached hydrogens (tertiary/aromatic N) is 1. The Morgan fingerprint density at radius 2 is 2.29 bits per heavy atom. The van der Waals surface area contributed by atoms with Gasteiger partial charge in [0.2, 0.25) is 0 Å². The second-order valence-electron chi connectivity index (χ2n) is 4.36. The number of methoxy groups -OCH3 is 1. The van der Waals surface area contributed by atoms with Crippen molar-refractivity contribution in [2.75, 3.05) is 33.4 Å². The second kappa shape index (κ2) is 6.66. The van der Waals surface area contributed by atoms with Gasteiger partial charge in [-0.2, -0.15) is 0 Å². The van der Waals surface area contributed by atoms with Crippen LogP contribution in [0, 0.1) is 0 Å². The molecule has 1 fully saturated rings. The van der Waals surface area contributed by atoms with E-state index >= 15 is 0 Å². The van der Waals surface area contributed by atoms with Gasteiger partial charge in [-0.25, -0.2) is 9.59 Å². The fraction of sp³-hybridized carbons (Fsp3) is 0.385. The molecule has 0 aromatic heterocycles. The van der Waals surface area contributed by atoms with Crippen LogP contribution in [0.2, 0.25) is 0 Å². The Morgan fingerprint density at radius 3 is 2.86 bits per heavy atom. The Balaban J connectivity index is 2.05. The lowest BCUT2D eigenvalue weighted by molar-refractivity contribution is 0.0696. The monoisotopic (exact) mass is 358 g/mol. The van der Waals surface area contributed by atoms with Crippen LogP contribution in [-0.4, -0.2) is 55.4 Å². The van der Waals surface area contributed by atoms with Gasteiger partial charge in [-0.1, -0.05) is 0 Å². The number of carbonyl (C=O) groups is 2. The van der Waals surface area contributed by atoms with Crippen molar-refractivity contribution in [1.82, 2.24) is 10.2 Å². The van der Waals surface area contributed by atoms with E-state index in [0.717, 1.165) is 0 Å². The van der Waals surface area contributed by atoms with Gasteiger partial charge in [-0.15, -0.1) is 0 Å². The van der Waals surface area contributed by atoms with E-state index in [2.05, 4.69) is 21.2 Å². The third-order valence-electron chi connectivity index (χ3n) is 3.03. The average molecular weight is 359 g/mol. The van der Waals surface area contributed by atoms with E-state index in [0.29, 0.717) is 35.6 Å². The van der Waals surface area contributed by atoms with Crippen LogP contribution >= 0.6 is 15.9 Å². The number of hydrogen-bond acceptors (Lipinski definition) is 4. The molecule has 0 unspecified atom stereocenters. The Bertz CT molecular complexity index is 564. The lowest BCUT2D eigenvalue weighted by Gasteiger charge is -2.17. The summed E-state index contributed by atoms with van der Waals surface area (Å²) in [5, 5.41) is 11.7. The summed E-state index contributed by atoms with van der Waals surface area (Å²) in [7, 11) is 1.44. The molecule has 2 amide bonds. The Hall–Kier alpha value is -1.96. The SMILES string of the molecule is COc1cc(C(=O)O)cc(Br)c1OCCN1CCNC1=O. The molecule has 0 atom stereocenters. The van der Waals surface area contributed by atoms with Crippen molar-refractivity contribution in [3.63, 3.8) is 0 Å². The van der Waals surface area contributed by atoms with Crippen LogP contribution in [0.1, 0.15) is 10.4 Å². The average Bonchev–Trinajstić information content (AvgIpc) is 2.85. The fourth-order valence-electron chi connectivity index (χ4n) is 1.97. The topological polar surface area (TPSA) is 88.1 Å². The zero-order valence-corrected chi connectivity index (χ0v) is 13.0. The van der Waals surface area contributed by atoms with Gasteiger partial charge in [-0.05, 0) is 28.1 Å². The number of halogens is 1. The summed E-state index contributed by atoms with van der Waals surface area (Å²) in [6.07, 6.45) is 0. The van der Waals surface area contributed by atoms with Gasteiger partial charge in [-0.3, -0.25) is 0 Å². The molecule has 7 nitrogen and oxygen atoms in total. The quantitative estimate of drug-likeness (QED) is 0.805. The fourth-order valence-corrected chi connectivity index (χ4v) is 2.52. The first-order valence-corrected chi connectivity index (χ1v) is 7.08. The van der Waals surface area contributed by atoms with Crippen LogP contribution in [0.3, 0.4) is 0 Å². The normalized spacial score (nSPS) is 14.0. The number of carboxylic acid groups (broad SMARTS) is 1. The van der Waals surface area contributed by atoms with Crippen molar-refractivity contribution in [3.8, 4) is 11.5 Å². The molecule has 0 spiro atoms. The van der Waals surface area contributed by atoms with E-state index in [9.17, 15) is 9.59 Å². The van der Waals surface area contributed by atoms with Gasteiger partial charge in [0.1, 0.15) is 6.61 Å². The summed E-state index contributed by atoms with van der Waals surface area (Å²) in [4.78, 5) is 24.0. The molecule has 1 aromatic rings. The van der Waals surface area contributed by atoms with E-state index in [1.54, 1.807) is 4.90 Å². The molecule has 1 saturated heterocycles. The molecule has 0 saturated carbocycles. The van der Waals surface area contributed by atoms with Gasteiger partial charge in [0.05, 0.1) is 23.7 Å². The lowest BCUT2D eigenvalue weighted by Crippen LogP contribution is -2.31. The third kappa shape index (κ3) is 3.57. The smallest absolute Gasteiger partial charge is 0.335 e. The first kappa shape index (κ1) is 15.4. The standard InChI is InChI=1S/C13H15BrN2O5/c1-20-10-7-8(12(17)18)6-9(14)11(10)21-5-4-16-3-2-15-13(16)19/h6-7H,2-5H2,1H3,(H,15,19)(H,17,18). The third-order valence-corrected chi connectivity index (χ3v) is 3.62. The number of ether oxygens (including phenoxy) is 2. The van der Waals surface area contributed by atoms with Gasteiger partial charge in [0.25, 0.3) is 0 Å². The number of nitrogens with one attached hydrogen (secondary N) is 1. The number of aromatic carboxylic acids is 1. The van der Waals surface area contributed by atoms with Crippen LogP contribution in [0.25, 0.3) is 0 Å². The van der Waals surface area contributed by atoms with Crippen molar-refractivity contribution < 1.29 is 24.2 Å². The van der Waals surface area contributed by atoms with Crippen LogP contribution in [0.4, 0.5) is 4.79 Å². The number of carboxylic acids is 1. The molecule has 0 radical (unpaired) electrons. The number of carbonyl (C=O) groups excluding carboxylic acids is 1. The summed E-state index contributed by atoms with van der Waals surface area (Å²) in [6, 6.07) is 2.74. The Kier molecular flexibility index (Phi) is 4.89. The van der Waals surface area contributed by atoms with E-state index in [-0.39, 0.29) is 18.2 Å². The van der Waals surface area contributed by atoms with E-state index in [4.69, 9.17) is 14.6 Å². The number of hydrogen-bond donors (Lipinski definition) is 2. The van der Waals surface area contributed by atoms with Crippen LogP contribution < -0.4 is 14.8 Å². The van der Waals surface area contributed by atoms with E-state index in [1.165, 1.54) is 19.2 Å². The molecular weight excluding hydrogens is 344 g/mol. The largest absolute Gasteiger partial charge is 0.493 e. The van der Waals surface area contributed by atoms with Gasteiger partial charge in [0.15, 0.2) is 11.5 Å². The molecular formula is C13H15BrN2O5. The minimum Gasteiger partial charge on any atom is -0.493 e. The van der Waals surface area contributed by atoms with Crippen molar-refractivity contribution in [1.29, 1.82) is 0 Å². The predicted octanol–water partition coefficient (Wildman–Crippen LogP) is 1.56. The summed E-state index contributed by atoms with van der Waals surface area (Å²) in [6.45, 7) is 2.02. The zero-order valence-electron chi connectivity index (χ0n) is 11.4. The molecule has 2 rings (SSSR count). The summed E-state index contributed by atoms with van der Waals surface area (Å²) >= 11 is 3.27. The highest BCUT2D eigenvalue weighted by Crippen LogP contribution is 2.36. The first-order valence-electron chi connectivity index (χ1n) is 6.29. The summed E-state index contributed by atoms with van der Waals surface area (Å²) < 4.78 is 11.3. The minimum atomic E-state index is -1.05. The lowest BCUT2D eigenvalue weighted by atomic mass is 10.2. The number of rotatable bonds is 6. The van der Waals surface area contributed by atoms with Gasteiger partial charge < -0.3 is 24.8 Å². The van der Waals surface area contributed by atoms with Crippen molar-refractivity contribution in [3.05, 3.63) is 22.2 Å². The highest BCUT2D eigenvalue weighted by atomic mass is 79.9. The van der Waals surface area contributed by atoms with E-state index < -0.39 is 5.97 Å². The Morgan fingerprint density at radius 1 is 1.52 bits per heavy atom. The molecule has 1 aliphatic rings. The highest BCUT2D eigenvalue weighted by Gasteiger charge is 2.20. The number of urea groups is 1. The molecule has 114 valence electrons. The number of benzene rings is 1. The minimum absolute atomic E-state index is 0.102. The maximum absolute atomic E-state index is 11.4.